The molecule has 3 fully saturated rings. The number of hydrogen-bond donors (Lipinski definition) is 1. The molecule has 23 heavy (non-hydrogen) atoms. The summed E-state index contributed by atoms with van der Waals surface area (Å²) in [6.45, 7) is 8.31. The van der Waals surface area contributed by atoms with Crippen LogP contribution in [0.5, 0.6) is 0 Å². The molecule has 3 nitrogen and oxygen atoms in total. The molecular formula is C20H28O3. The number of esters is 1. The van der Waals surface area contributed by atoms with E-state index in [9.17, 15) is 9.90 Å². The van der Waals surface area contributed by atoms with Crippen molar-refractivity contribution in [3.63, 3.8) is 0 Å². The van der Waals surface area contributed by atoms with E-state index in [1.807, 2.05) is 44.2 Å². The van der Waals surface area contributed by atoms with E-state index in [2.05, 4.69) is 13.8 Å². The first-order chi connectivity index (χ1) is 10.7. The highest BCUT2D eigenvalue weighted by Gasteiger charge is 2.64. The van der Waals surface area contributed by atoms with Gasteiger partial charge in [0.1, 0.15) is 11.7 Å². The van der Waals surface area contributed by atoms with Crippen molar-refractivity contribution in [3.8, 4) is 0 Å². The maximum Gasteiger partial charge on any atom is 0.306 e. The molecule has 0 radical (unpaired) electrons. The molecule has 3 heteroatoms. The lowest BCUT2D eigenvalue weighted by molar-refractivity contribution is -0.253. The van der Waals surface area contributed by atoms with Crippen LogP contribution in [0.4, 0.5) is 0 Å². The predicted molar refractivity (Wildman–Crippen MR) is 90.0 cm³/mol. The second kappa shape index (κ2) is 5.62. The summed E-state index contributed by atoms with van der Waals surface area (Å²) in [5, 5.41) is 10.9. The Morgan fingerprint density at radius 3 is 2.48 bits per heavy atom. The van der Waals surface area contributed by atoms with Crippen molar-refractivity contribution in [3.05, 3.63) is 35.9 Å². The molecule has 126 valence electrons. The molecule has 3 aliphatic rings. The van der Waals surface area contributed by atoms with Gasteiger partial charge in [0.25, 0.3) is 0 Å². The van der Waals surface area contributed by atoms with Crippen LogP contribution in [-0.4, -0.2) is 22.8 Å². The molecule has 0 unspecified atom stereocenters. The zero-order valence-corrected chi connectivity index (χ0v) is 14.6. The minimum atomic E-state index is -0.913. The van der Waals surface area contributed by atoms with Crippen LogP contribution in [0.1, 0.15) is 58.4 Å². The normalized spacial score (nSPS) is 36.0. The number of ether oxygens (including phenoxy) is 1. The fourth-order valence-corrected chi connectivity index (χ4v) is 4.65. The van der Waals surface area contributed by atoms with Gasteiger partial charge in [-0.3, -0.25) is 4.79 Å². The third-order valence-corrected chi connectivity index (χ3v) is 6.44. The van der Waals surface area contributed by atoms with Crippen LogP contribution in [0.3, 0.4) is 0 Å². The van der Waals surface area contributed by atoms with Crippen LogP contribution in [0.25, 0.3) is 0 Å². The van der Waals surface area contributed by atoms with E-state index >= 15 is 0 Å². The van der Waals surface area contributed by atoms with Crippen LogP contribution in [0.15, 0.2) is 30.3 Å². The van der Waals surface area contributed by atoms with Gasteiger partial charge in [0.05, 0.1) is 6.42 Å². The van der Waals surface area contributed by atoms with Gasteiger partial charge < -0.3 is 9.84 Å². The standard InChI is InChI=1S/C20H28O3/c1-13(14-8-6-5-7-9-14)10-18(21)23-17-12-15-11-16(19(15,2)3)20(17,4)22/h5-9,13,15-17,22H,10-12H2,1-4H3/t13-,15-,16-,17+,20-/m1/s1. The highest BCUT2D eigenvalue weighted by Crippen LogP contribution is 2.63. The molecule has 4 rings (SSSR count). The smallest absolute Gasteiger partial charge is 0.306 e. The number of benzene rings is 1. The third-order valence-electron chi connectivity index (χ3n) is 6.44. The lowest BCUT2D eigenvalue weighted by Gasteiger charge is -2.64. The Bertz CT molecular complexity index is 576. The van der Waals surface area contributed by atoms with Crippen molar-refractivity contribution < 1.29 is 14.6 Å². The quantitative estimate of drug-likeness (QED) is 0.857. The van der Waals surface area contributed by atoms with Crippen LogP contribution >= 0.6 is 0 Å². The molecular weight excluding hydrogens is 288 g/mol. The van der Waals surface area contributed by atoms with Gasteiger partial charge in [-0.1, -0.05) is 51.1 Å². The molecule has 0 saturated heterocycles. The summed E-state index contributed by atoms with van der Waals surface area (Å²) in [4.78, 5) is 12.3. The molecule has 3 saturated carbocycles. The van der Waals surface area contributed by atoms with Crippen molar-refractivity contribution in [1.29, 1.82) is 0 Å². The molecule has 0 spiro atoms. The van der Waals surface area contributed by atoms with Crippen LogP contribution in [-0.2, 0) is 9.53 Å². The highest BCUT2D eigenvalue weighted by molar-refractivity contribution is 5.71. The average molecular weight is 316 g/mol. The van der Waals surface area contributed by atoms with Gasteiger partial charge in [-0.05, 0) is 48.5 Å². The largest absolute Gasteiger partial charge is 0.459 e. The van der Waals surface area contributed by atoms with E-state index in [1.165, 1.54) is 0 Å². The first-order valence-corrected chi connectivity index (χ1v) is 8.69. The van der Waals surface area contributed by atoms with E-state index in [0.717, 1.165) is 18.4 Å². The molecule has 1 aromatic rings. The van der Waals surface area contributed by atoms with Crippen molar-refractivity contribution in [2.45, 2.75) is 64.6 Å². The number of aliphatic hydroxyl groups is 1. The molecule has 1 N–H and O–H groups in total. The SMILES string of the molecule is C[C@H](CC(=O)O[C@H]1C[C@H]2C[C@H](C2(C)C)[C@@]1(C)O)c1ccccc1. The Morgan fingerprint density at radius 1 is 1.26 bits per heavy atom. The molecule has 1 aromatic carbocycles. The monoisotopic (exact) mass is 316 g/mol. The van der Waals surface area contributed by atoms with Crippen LogP contribution < -0.4 is 0 Å². The van der Waals surface area contributed by atoms with E-state index < -0.39 is 5.60 Å². The summed E-state index contributed by atoms with van der Waals surface area (Å²) in [6.07, 6.45) is 1.82. The summed E-state index contributed by atoms with van der Waals surface area (Å²) >= 11 is 0. The Hall–Kier alpha value is -1.35. The Morgan fingerprint density at radius 2 is 1.91 bits per heavy atom. The summed E-state index contributed by atoms with van der Waals surface area (Å²) in [5.41, 5.74) is 0.386. The van der Waals surface area contributed by atoms with Gasteiger partial charge in [0, 0.05) is 0 Å². The predicted octanol–water partition coefficient (Wildman–Crippen LogP) is 3.91. The number of fused-ring (bicyclic) bond motifs is 2. The Balaban J connectivity index is 1.61. The molecule has 2 bridgehead atoms. The Kier molecular flexibility index (Phi) is 4.04. The summed E-state index contributed by atoms with van der Waals surface area (Å²) in [6, 6.07) is 10.0. The van der Waals surface area contributed by atoms with Crippen LogP contribution in [0, 0.1) is 17.3 Å². The van der Waals surface area contributed by atoms with Gasteiger partial charge in [-0.2, -0.15) is 0 Å². The minimum absolute atomic E-state index is 0.128. The molecule has 0 aromatic heterocycles. The van der Waals surface area contributed by atoms with Crippen molar-refractivity contribution in [2.24, 2.45) is 17.3 Å². The maximum atomic E-state index is 12.3. The van der Waals surface area contributed by atoms with E-state index in [0.29, 0.717) is 12.3 Å². The minimum Gasteiger partial charge on any atom is -0.459 e. The summed E-state index contributed by atoms with van der Waals surface area (Å²) in [7, 11) is 0. The van der Waals surface area contributed by atoms with Gasteiger partial charge in [-0.15, -0.1) is 0 Å². The van der Waals surface area contributed by atoms with Gasteiger partial charge >= 0.3 is 5.97 Å². The zero-order valence-electron chi connectivity index (χ0n) is 14.6. The third kappa shape index (κ3) is 2.80. The average Bonchev–Trinajstić information content (AvgIpc) is 2.49. The lowest BCUT2D eigenvalue weighted by Crippen LogP contribution is -2.67. The highest BCUT2D eigenvalue weighted by atomic mass is 16.6. The fraction of sp³-hybridized carbons (Fsp3) is 0.650. The van der Waals surface area contributed by atoms with E-state index in [4.69, 9.17) is 4.74 Å². The topological polar surface area (TPSA) is 46.5 Å². The van der Waals surface area contributed by atoms with Crippen molar-refractivity contribution >= 4 is 5.97 Å². The van der Waals surface area contributed by atoms with E-state index in [-0.39, 0.29) is 29.3 Å². The maximum absolute atomic E-state index is 12.3. The molecule has 5 atom stereocenters. The zero-order chi connectivity index (χ0) is 16.8. The summed E-state index contributed by atoms with van der Waals surface area (Å²) < 4.78 is 5.70. The molecule has 0 aliphatic heterocycles. The first kappa shape index (κ1) is 16.5. The first-order valence-electron chi connectivity index (χ1n) is 8.69. The van der Waals surface area contributed by atoms with Crippen LogP contribution in [0.2, 0.25) is 0 Å². The molecule has 0 heterocycles. The number of rotatable bonds is 4. The number of carbonyl (C=O) groups excluding carboxylic acids is 1. The number of hydrogen-bond acceptors (Lipinski definition) is 3. The van der Waals surface area contributed by atoms with Crippen molar-refractivity contribution in [2.75, 3.05) is 0 Å². The van der Waals surface area contributed by atoms with Gasteiger partial charge in [0.2, 0.25) is 0 Å². The molecule has 0 amide bonds. The van der Waals surface area contributed by atoms with Gasteiger partial charge in [-0.25, -0.2) is 0 Å². The fourth-order valence-electron chi connectivity index (χ4n) is 4.65. The van der Waals surface area contributed by atoms with Gasteiger partial charge in [0.15, 0.2) is 0 Å². The second-order valence-electron chi connectivity index (χ2n) is 8.26. The lowest BCUT2D eigenvalue weighted by atomic mass is 9.43. The number of carbonyl (C=O) groups is 1. The second-order valence-corrected chi connectivity index (χ2v) is 8.26. The van der Waals surface area contributed by atoms with E-state index in [1.54, 1.807) is 0 Å². The summed E-state index contributed by atoms with van der Waals surface area (Å²) in [5.74, 6) is 0.698. The Labute approximate surface area is 139 Å². The molecule has 3 aliphatic carbocycles. The van der Waals surface area contributed by atoms with Crippen molar-refractivity contribution in [1.82, 2.24) is 0 Å².